The summed E-state index contributed by atoms with van der Waals surface area (Å²) in [5, 5.41) is 0. The number of hydrogen-bond acceptors (Lipinski definition) is 3. The number of hydrogen-bond donors (Lipinski definition) is 0. The van der Waals surface area contributed by atoms with Crippen molar-refractivity contribution in [3.63, 3.8) is 0 Å². The van der Waals surface area contributed by atoms with E-state index in [-0.39, 0.29) is 11.4 Å². The van der Waals surface area contributed by atoms with Crippen LogP contribution in [-0.4, -0.2) is 17.4 Å². The molecule has 0 heterocycles. The zero-order valence-corrected chi connectivity index (χ0v) is 17.2. The second kappa shape index (κ2) is 6.22. The maximum absolute atomic E-state index is 12.5. The molecule has 0 aromatic carbocycles. The fourth-order valence-electron chi connectivity index (χ4n) is 8.08. The molecule has 0 bridgehead atoms. The van der Waals surface area contributed by atoms with Crippen molar-refractivity contribution in [2.24, 2.45) is 40.9 Å². The Hall–Kier alpha value is -1.56. The fraction of sp³-hybridized carbons (Fsp3) is 0.760. The summed E-state index contributed by atoms with van der Waals surface area (Å²) < 4.78 is 6.18. The number of ketones is 1. The minimum absolute atomic E-state index is 0.0917. The molecule has 150 valence electrons. The number of terminal acetylenes is 1. The molecule has 5 aliphatic rings. The van der Waals surface area contributed by atoms with E-state index in [4.69, 9.17) is 11.2 Å². The summed E-state index contributed by atoms with van der Waals surface area (Å²) in [6.07, 6.45) is 16.7. The third-order valence-electron chi connectivity index (χ3n) is 9.17. The first-order valence-corrected chi connectivity index (χ1v) is 11.4. The Morgan fingerprint density at radius 1 is 1.25 bits per heavy atom. The number of rotatable bonds is 3. The second-order valence-corrected chi connectivity index (χ2v) is 10.3. The molecular formula is C25H32O3. The van der Waals surface area contributed by atoms with Crippen molar-refractivity contribution < 1.29 is 14.3 Å². The standard InChI is InChI=1S/C25H32O3/c1-4-6-22(27)28-25(5-2)21-14-20(21)23-19-9-7-15-13-16(26)8-10-17(15)18(19)11-12-24(23,25)3/h2,13,17-21,23H,4,6-12,14H2,1,3H3/t17-,18+,19+,20-,21+,23+,24-,25-/m0/s1. The lowest BCUT2D eigenvalue weighted by Gasteiger charge is -2.56. The van der Waals surface area contributed by atoms with Crippen LogP contribution in [0.1, 0.15) is 71.6 Å². The van der Waals surface area contributed by atoms with E-state index in [0.29, 0.717) is 54.1 Å². The Bertz CT molecular complexity index is 788. The Morgan fingerprint density at radius 3 is 2.82 bits per heavy atom. The Labute approximate surface area is 168 Å². The summed E-state index contributed by atoms with van der Waals surface area (Å²) in [5.74, 6) is 6.77. The number of carbonyl (C=O) groups is 2. The highest BCUT2D eigenvalue weighted by Gasteiger charge is 2.77. The predicted molar refractivity (Wildman–Crippen MR) is 107 cm³/mol. The minimum Gasteiger partial charge on any atom is -0.445 e. The molecule has 3 heteroatoms. The van der Waals surface area contributed by atoms with Crippen molar-refractivity contribution in [1.82, 2.24) is 0 Å². The van der Waals surface area contributed by atoms with Crippen LogP contribution in [-0.2, 0) is 14.3 Å². The van der Waals surface area contributed by atoms with E-state index in [1.807, 2.05) is 13.0 Å². The van der Waals surface area contributed by atoms with Gasteiger partial charge in [-0.1, -0.05) is 25.3 Å². The molecule has 4 saturated carbocycles. The van der Waals surface area contributed by atoms with Gasteiger partial charge in [0.1, 0.15) is 0 Å². The van der Waals surface area contributed by atoms with E-state index in [0.717, 1.165) is 38.5 Å². The van der Waals surface area contributed by atoms with Crippen LogP contribution in [0, 0.1) is 53.3 Å². The molecule has 4 fully saturated rings. The lowest BCUT2D eigenvalue weighted by atomic mass is 9.49. The molecule has 0 aromatic heterocycles. The van der Waals surface area contributed by atoms with Gasteiger partial charge in [0, 0.05) is 24.2 Å². The summed E-state index contributed by atoms with van der Waals surface area (Å²) in [6, 6.07) is 0. The fourth-order valence-corrected chi connectivity index (χ4v) is 8.08. The molecule has 0 saturated heterocycles. The summed E-state index contributed by atoms with van der Waals surface area (Å²) >= 11 is 0. The average molecular weight is 381 g/mol. The van der Waals surface area contributed by atoms with E-state index in [1.54, 1.807) is 0 Å². The summed E-state index contributed by atoms with van der Waals surface area (Å²) in [7, 11) is 0. The third-order valence-corrected chi connectivity index (χ3v) is 9.17. The van der Waals surface area contributed by atoms with Crippen LogP contribution < -0.4 is 0 Å². The summed E-state index contributed by atoms with van der Waals surface area (Å²) in [6.45, 7) is 4.34. The van der Waals surface area contributed by atoms with Crippen molar-refractivity contribution in [2.75, 3.05) is 0 Å². The van der Waals surface area contributed by atoms with Crippen molar-refractivity contribution in [3.05, 3.63) is 11.6 Å². The molecule has 0 unspecified atom stereocenters. The van der Waals surface area contributed by atoms with Gasteiger partial charge in [-0.2, -0.15) is 0 Å². The van der Waals surface area contributed by atoms with Gasteiger partial charge in [0.05, 0.1) is 0 Å². The number of ether oxygens (including phenoxy) is 1. The minimum atomic E-state index is -0.696. The van der Waals surface area contributed by atoms with E-state index in [1.165, 1.54) is 12.0 Å². The Morgan fingerprint density at radius 2 is 2.07 bits per heavy atom. The number of carbonyl (C=O) groups excluding carboxylic acids is 2. The first-order chi connectivity index (χ1) is 13.4. The quantitative estimate of drug-likeness (QED) is 0.526. The van der Waals surface area contributed by atoms with Crippen molar-refractivity contribution in [3.8, 4) is 12.3 Å². The molecule has 3 nitrogen and oxygen atoms in total. The molecule has 0 amide bonds. The van der Waals surface area contributed by atoms with Gasteiger partial charge in [0.2, 0.25) is 0 Å². The molecular weight excluding hydrogens is 348 g/mol. The van der Waals surface area contributed by atoms with Crippen molar-refractivity contribution in [1.29, 1.82) is 0 Å². The highest BCUT2D eigenvalue weighted by atomic mass is 16.6. The van der Waals surface area contributed by atoms with Crippen LogP contribution in [0.15, 0.2) is 11.6 Å². The van der Waals surface area contributed by atoms with Gasteiger partial charge in [-0.15, -0.1) is 6.42 Å². The lowest BCUT2D eigenvalue weighted by Crippen LogP contribution is -2.56. The van der Waals surface area contributed by atoms with Crippen LogP contribution in [0.2, 0.25) is 0 Å². The Balaban J connectivity index is 1.47. The highest BCUT2D eigenvalue weighted by Crippen LogP contribution is 2.76. The molecule has 0 N–H and O–H groups in total. The van der Waals surface area contributed by atoms with Crippen LogP contribution in [0.25, 0.3) is 0 Å². The van der Waals surface area contributed by atoms with Gasteiger partial charge in [0.15, 0.2) is 11.4 Å². The van der Waals surface area contributed by atoms with Crippen molar-refractivity contribution in [2.45, 2.75) is 77.2 Å². The SMILES string of the molecule is C#C[C@]1(OC(=O)CCC)[C@@H]2C[C@@H]2[C@H]2[C@@H]3CCC4=CC(=O)CC[C@@H]4[C@H]3CC[C@@]21C. The monoisotopic (exact) mass is 380 g/mol. The summed E-state index contributed by atoms with van der Waals surface area (Å²) in [5.41, 5.74) is 0.633. The highest BCUT2D eigenvalue weighted by molar-refractivity contribution is 5.91. The first-order valence-electron chi connectivity index (χ1n) is 11.4. The van der Waals surface area contributed by atoms with Gasteiger partial charge >= 0.3 is 5.97 Å². The van der Waals surface area contributed by atoms with E-state index in [9.17, 15) is 9.59 Å². The lowest BCUT2D eigenvalue weighted by molar-refractivity contribution is -0.176. The number of fused-ring (bicyclic) bond motifs is 7. The zero-order chi connectivity index (χ0) is 19.7. The second-order valence-electron chi connectivity index (χ2n) is 10.3. The zero-order valence-electron chi connectivity index (χ0n) is 17.2. The largest absolute Gasteiger partial charge is 0.445 e. The summed E-state index contributed by atoms with van der Waals surface area (Å²) in [4.78, 5) is 24.4. The van der Waals surface area contributed by atoms with Crippen LogP contribution >= 0.6 is 0 Å². The van der Waals surface area contributed by atoms with Crippen LogP contribution in [0.5, 0.6) is 0 Å². The molecule has 5 rings (SSSR count). The Kier molecular flexibility index (Phi) is 4.10. The van der Waals surface area contributed by atoms with Gasteiger partial charge < -0.3 is 4.74 Å². The molecule has 5 aliphatic carbocycles. The molecule has 28 heavy (non-hydrogen) atoms. The molecule has 0 aromatic rings. The molecule has 0 spiro atoms. The first kappa shape index (κ1) is 18.5. The van der Waals surface area contributed by atoms with Crippen LogP contribution in [0.4, 0.5) is 0 Å². The van der Waals surface area contributed by atoms with Crippen LogP contribution in [0.3, 0.4) is 0 Å². The predicted octanol–water partition coefficient (Wildman–Crippen LogP) is 4.70. The van der Waals surface area contributed by atoms with Gasteiger partial charge in [-0.3, -0.25) is 9.59 Å². The normalized spacial score (nSPS) is 48.3. The third kappa shape index (κ3) is 2.30. The van der Waals surface area contributed by atoms with E-state index < -0.39 is 5.60 Å². The smallest absolute Gasteiger partial charge is 0.307 e. The number of allylic oxidation sites excluding steroid dienone is 1. The van der Waals surface area contributed by atoms with E-state index in [2.05, 4.69) is 12.8 Å². The number of esters is 1. The van der Waals surface area contributed by atoms with Crippen molar-refractivity contribution >= 4 is 11.8 Å². The molecule has 0 radical (unpaired) electrons. The van der Waals surface area contributed by atoms with Gasteiger partial charge in [-0.05, 0) is 80.6 Å². The molecule has 8 atom stereocenters. The molecule has 0 aliphatic heterocycles. The maximum Gasteiger partial charge on any atom is 0.307 e. The topological polar surface area (TPSA) is 43.4 Å². The van der Waals surface area contributed by atoms with Gasteiger partial charge in [0.25, 0.3) is 0 Å². The average Bonchev–Trinajstić information content (AvgIpc) is 3.42. The maximum atomic E-state index is 12.5. The van der Waals surface area contributed by atoms with Gasteiger partial charge in [-0.25, -0.2) is 0 Å². The van der Waals surface area contributed by atoms with E-state index >= 15 is 0 Å².